The van der Waals surface area contributed by atoms with Gasteiger partial charge in [-0.3, -0.25) is 4.72 Å². The third kappa shape index (κ3) is 5.57. The number of hydrogen-bond donors (Lipinski definition) is 2. The lowest BCUT2D eigenvalue weighted by atomic mass is 10.3. The van der Waals surface area contributed by atoms with E-state index in [9.17, 15) is 8.42 Å². The number of benzene rings is 1. The van der Waals surface area contributed by atoms with E-state index in [4.69, 9.17) is 23.2 Å². The van der Waals surface area contributed by atoms with Crippen molar-refractivity contribution >= 4 is 38.9 Å². The second-order valence-corrected chi connectivity index (χ2v) is 7.65. The van der Waals surface area contributed by atoms with Gasteiger partial charge >= 0.3 is 0 Å². The van der Waals surface area contributed by atoms with Crippen LogP contribution in [0.15, 0.2) is 18.2 Å². The van der Waals surface area contributed by atoms with Crippen LogP contribution in [0, 0.1) is 0 Å². The number of hydrogen-bond acceptors (Lipinski definition) is 3. The first-order chi connectivity index (χ1) is 8.70. The van der Waals surface area contributed by atoms with E-state index in [2.05, 4.69) is 10.0 Å². The lowest BCUT2D eigenvalue weighted by Crippen LogP contribution is -2.37. The monoisotopic (exact) mass is 324 g/mol. The van der Waals surface area contributed by atoms with Gasteiger partial charge < -0.3 is 5.32 Å². The van der Waals surface area contributed by atoms with Crippen molar-refractivity contribution in [3.8, 4) is 0 Å². The van der Waals surface area contributed by atoms with Crippen LogP contribution in [0.3, 0.4) is 0 Å². The van der Waals surface area contributed by atoms with Gasteiger partial charge in [0.1, 0.15) is 0 Å². The molecule has 0 aliphatic heterocycles. The maximum Gasteiger partial charge on any atom is 0.236 e. The Morgan fingerprint density at radius 2 is 1.63 bits per heavy atom. The molecule has 4 nitrogen and oxygen atoms in total. The zero-order valence-electron chi connectivity index (χ0n) is 11.1. The zero-order chi connectivity index (χ0) is 14.6. The van der Waals surface area contributed by atoms with Crippen molar-refractivity contribution in [1.29, 1.82) is 0 Å². The molecule has 108 valence electrons. The highest BCUT2D eigenvalue weighted by atomic mass is 35.5. The van der Waals surface area contributed by atoms with E-state index < -0.39 is 15.3 Å². The molecule has 0 aromatic heterocycles. The summed E-state index contributed by atoms with van der Waals surface area (Å²) in [6, 6.07) is 4.82. The molecule has 19 heavy (non-hydrogen) atoms. The summed E-state index contributed by atoms with van der Waals surface area (Å²) >= 11 is 11.7. The van der Waals surface area contributed by atoms with Crippen molar-refractivity contribution in [2.45, 2.75) is 32.1 Å². The molecule has 0 radical (unpaired) electrons. The number of anilines is 1. The Kier molecular flexibility index (Phi) is 5.92. The van der Waals surface area contributed by atoms with Crippen LogP contribution in [0.5, 0.6) is 0 Å². The smallest absolute Gasteiger partial charge is 0.236 e. The number of sulfonamides is 1. The average Bonchev–Trinajstić information content (AvgIpc) is 2.23. The molecule has 7 heteroatoms. The SMILES string of the molecule is CC(C)NCC(C)S(=O)(=O)Nc1cc(Cl)cc(Cl)c1. The molecule has 2 N–H and O–H groups in total. The van der Waals surface area contributed by atoms with Crippen molar-refractivity contribution in [1.82, 2.24) is 5.32 Å². The lowest BCUT2D eigenvalue weighted by Gasteiger charge is -2.17. The van der Waals surface area contributed by atoms with E-state index in [1.54, 1.807) is 13.0 Å². The molecule has 0 aliphatic carbocycles. The van der Waals surface area contributed by atoms with Gasteiger partial charge in [0, 0.05) is 22.6 Å². The molecule has 0 fully saturated rings. The van der Waals surface area contributed by atoms with Crippen LogP contribution in [0.1, 0.15) is 20.8 Å². The molecule has 1 aromatic rings. The van der Waals surface area contributed by atoms with Crippen LogP contribution in [0.2, 0.25) is 10.0 Å². The quantitative estimate of drug-likeness (QED) is 0.845. The van der Waals surface area contributed by atoms with Crippen LogP contribution in [0.4, 0.5) is 5.69 Å². The Bertz CT molecular complexity index is 512. The van der Waals surface area contributed by atoms with Gasteiger partial charge in [0.25, 0.3) is 0 Å². The summed E-state index contributed by atoms with van der Waals surface area (Å²) in [6.07, 6.45) is 0. The summed E-state index contributed by atoms with van der Waals surface area (Å²) in [6.45, 7) is 5.94. The van der Waals surface area contributed by atoms with Crippen molar-refractivity contribution in [3.05, 3.63) is 28.2 Å². The summed E-state index contributed by atoms with van der Waals surface area (Å²) in [5.41, 5.74) is 0.369. The van der Waals surface area contributed by atoms with E-state index in [-0.39, 0.29) is 6.04 Å². The van der Waals surface area contributed by atoms with Gasteiger partial charge in [0.2, 0.25) is 10.0 Å². The van der Waals surface area contributed by atoms with Gasteiger partial charge in [-0.2, -0.15) is 0 Å². The first-order valence-electron chi connectivity index (χ1n) is 5.92. The number of nitrogens with one attached hydrogen (secondary N) is 2. The highest BCUT2D eigenvalue weighted by Gasteiger charge is 2.20. The van der Waals surface area contributed by atoms with Crippen LogP contribution >= 0.6 is 23.2 Å². The summed E-state index contributed by atoms with van der Waals surface area (Å²) in [5, 5.41) is 3.30. The van der Waals surface area contributed by atoms with Crippen LogP contribution in [-0.4, -0.2) is 26.3 Å². The molecule has 0 bridgehead atoms. The molecule has 0 saturated heterocycles. The van der Waals surface area contributed by atoms with E-state index in [0.717, 1.165) is 0 Å². The molecule has 1 unspecified atom stereocenters. The van der Waals surface area contributed by atoms with Crippen LogP contribution in [0.25, 0.3) is 0 Å². The fourth-order valence-corrected chi connectivity index (χ4v) is 2.88. The number of halogens is 2. The van der Waals surface area contributed by atoms with Crippen molar-refractivity contribution < 1.29 is 8.42 Å². The summed E-state index contributed by atoms with van der Waals surface area (Å²) in [7, 11) is -3.47. The van der Waals surface area contributed by atoms with Gasteiger partial charge in [-0.25, -0.2) is 8.42 Å². The molecule has 0 saturated carbocycles. The fraction of sp³-hybridized carbons (Fsp3) is 0.500. The molecule has 0 aliphatic rings. The normalized spacial score (nSPS) is 13.6. The van der Waals surface area contributed by atoms with E-state index in [1.165, 1.54) is 12.1 Å². The first-order valence-corrected chi connectivity index (χ1v) is 8.22. The maximum atomic E-state index is 12.1. The Labute approximate surface area is 124 Å². The topological polar surface area (TPSA) is 58.2 Å². The molecule has 1 aromatic carbocycles. The predicted octanol–water partition coefficient (Wildman–Crippen LogP) is 3.12. The second kappa shape index (κ2) is 6.79. The number of rotatable bonds is 6. The molecule has 0 heterocycles. The molecule has 0 spiro atoms. The first kappa shape index (κ1) is 16.6. The Morgan fingerprint density at radius 1 is 1.11 bits per heavy atom. The molecular weight excluding hydrogens is 307 g/mol. The molecule has 0 amide bonds. The van der Waals surface area contributed by atoms with Crippen LogP contribution < -0.4 is 10.0 Å². The van der Waals surface area contributed by atoms with Gasteiger partial charge in [-0.05, 0) is 25.1 Å². The lowest BCUT2D eigenvalue weighted by molar-refractivity contribution is 0.553. The van der Waals surface area contributed by atoms with Gasteiger partial charge in [0.15, 0.2) is 0 Å². The minimum atomic E-state index is -3.47. The minimum Gasteiger partial charge on any atom is -0.313 e. The van der Waals surface area contributed by atoms with Gasteiger partial charge in [-0.15, -0.1) is 0 Å². The molecule has 1 atom stereocenters. The Balaban J connectivity index is 2.78. The van der Waals surface area contributed by atoms with Crippen LogP contribution in [-0.2, 0) is 10.0 Å². The zero-order valence-corrected chi connectivity index (χ0v) is 13.4. The third-order valence-corrected chi connectivity index (χ3v) is 4.65. The Morgan fingerprint density at radius 3 is 2.11 bits per heavy atom. The summed E-state index contributed by atoms with van der Waals surface area (Å²) < 4.78 is 26.7. The van der Waals surface area contributed by atoms with Crippen molar-refractivity contribution in [3.63, 3.8) is 0 Å². The maximum absolute atomic E-state index is 12.1. The highest BCUT2D eigenvalue weighted by Crippen LogP contribution is 2.23. The average molecular weight is 325 g/mol. The minimum absolute atomic E-state index is 0.235. The fourth-order valence-electron chi connectivity index (χ4n) is 1.39. The summed E-state index contributed by atoms with van der Waals surface area (Å²) in [5.74, 6) is 0. The molecular formula is C12H18Cl2N2O2S. The van der Waals surface area contributed by atoms with Gasteiger partial charge in [0.05, 0.1) is 10.9 Å². The Hall–Kier alpha value is -0.490. The van der Waals surface area contributed by atoms with Gasteiger partial charge in [-0.1, -0.05) is 37.0 Å². The standard InChI is InChI=1S/C12H18Cl2N2O2S/c1-8(2)15-7-9(3)19(17,18)16-12-5-10(13)4-11(14)6-12/h4-6,8-9,15-16H,7H2,1-3H3. The summed E-state index contributed by atoms with van der Waals surface area (Å²) in [4.78, 5) is 0. The van der Waals surface area contributed by atoms with E-state index in [0.29, 0.717) is 22.3 Å². The highest BCUT2D eigenvalue weighted by molar-refractivity contribution is 7.93. The van der Waals surface area contributed by atoms with Crippen molar-refractivity contribution in [2.75, 3.05) is 11.3 Å². The van der Waals surface area contributed by atoms with E-state index >= 15 is 0 Å². The predicted molar refractivity (Wildman–Crippen MR) is 81.6 cm³/mol. The van der Waals surface area contributed by atoms with Crippen molar-refractivity contribution in [2.24, 2.45) is 0 Å². The largest absolute Gasteiger partial charge is 0.313 e. The van der Waals surface area contributed by atoms with E-state index in [1.807, 2.05) is 13.8 Å². The molecule has 1 rings (SSSR count). The second-order valence-electron chi connectivity index (χ2n) is 4.68. The third-order valence-electron chi connectivity index (χ3n) is 2.47.